The highest BCUT2D eigenvalue weighted by atomic mass is 16.6. The molecule has 0 radical (unpaired) electrons. The van der Waals surface area contributed by atoms with Crippen LogP contribution in [0.3, 0.4) is 0 Å². The summed E-state index contributed by atoms with van der Waals surface area (Å²) in [6.45, 7) is 3.92. The first-order chi connectivity index (χ1) is 37.6. The van der Waals surface area contributed by atoms with Gasteiger partial charge in [0.25, 0.3) is 0 Å². The Balaban J connectivity index is 3.48. The predicted molar refractivity (Wildman–Crippen MR) is 334 cm³/mol. The topological polar surface area (TPSA) is 72.8 Å². The Labute approximate surface area is 470 Å². The number of allylic oxidation sites excluding steroid dienone is 22. The smallest absolute Gasteiger partial charge is 0.306 e. The Morgan fingerprint density at radius 3 is 0.789 bits per heavy atom. The molecule has 0 aliphatic rings. The predicted octanol–water partition coefficient (Wildman–Crippen LogP) is 22.0. The molecule has 0 saturated heterocycles. The normalized spacial score (nSPS) is 13.1. The van der Waals surface area contributed by atoms with Gasteiger partial charge < -0.3 is 14.6 Å². The van der Waals surface area contributed by atoms with Crippen LogP contribution in [-0.4, -0.2) is 36.4 Å². The van der Waals surface area contributed by atoms with Gasteiger partial charge >= 0.3 is 11.9 Å². The van der Waals surface area contributed by atoms with Crippen molar-refractivity contribution in [1.29, 1.82) is 0 Å². The Hall–Kier alpha value is -3.96. The highest BCUT2D eigenvalue weighted by molar-refractivity contribution is 5.70. The van der Waals surface area contributed by atoms with Gasteiger partial charge in [0.05, 0.1) is 6.61 Å². The van der Waals surface area contributed by atoms with E-state index in [0.29, 0.717) is 12.8 Å². The lowest BCUT2D eigenvalue weighted by molar-refractivity contribution is -0.161. The van der Waals surface area contributed by atoms with Gasteiger partial charge in [-0.1, -0.05) is 295 Å². The van der Waals surface area contributed by atoms with Crippen LogP contribution in [-0.2, 0) is 19.1 Å². The molecule has 1 unspecified atom stereocenters. The number of esters is 2. The lowest BCUT2D eigenvalue weighted by atomic mass is 10.0. The molecule has 0 aromatic rings. The van der Waals surface area contributed by atoms with Crippen molar-refractivity contribution in [2.24, 2.45) is 0 Å². The first kappa shape index (κ1) is 72.0. The van der Waals surface area contributed by atoms with Gasteiger partial charge in [-0.25, -0.2) is 0 Å². The molecule has 0 saturated carbocycles. The van der Waals surface area contributed by atoms with E-state index in [0.717, 1.165) is 116 Å². The zero-order valence-corrected chi connectivity index (χ0v) is 49.5. The molecule has 5 heteroatoms. The van der Waals surface area contributed by atoms with Gasteiger partial charge in [-0.3, -0.25) is 9.59 Å². The minimum atomic E-state index is -0.783. The van der Waals surface area contributed by atoms with Crippen molar-refractivity contribution in [3.8, 4) is 0 Å². The van der Waals surface area contributed by atoms with E-state index in [9.17, 15) is 14.7 Å². The van der Waals surface area contributed by atoms with E-state index < -0.39 is 6.10 Å². The molecular weight excluding hydrogens is 933 g/mol. The average molecular weight is 1050 g/mol. The fourth-order valence-corrected chi connectivity index (χ4v) is 8.76. The standard InChI is InChI=1S/C71H118O5/c1-3-5-7-9-11-13-15-17-19-21-23-25-26-27-28-29-30-31-32-33-34-35-36-37-38-39-40-41-42-43-44-46-48-50-52-54-56-58-60-62-64-66-71(74)76-69(67-72)68-75-70(73)65-63-61-59-57-55-53-51-49-47-45-24-22-20-18-16-14-12-10-8-6-4-2/h5-8,11-14,17-20,23-25,27-28,30-31,33-34,45,69,72H,3-4,9-10,15-16,21-22,26,29,32,35-44,46-68H2,1-2H3/b7-5-,8-6-,13-11-,14-12-,19-17-,20-18-,25-23-,28-27-,31-30-,34-33-,45-24-. The van der Waals surface area contributed by atoms with Crippen molar-refractivity contribution >= 4 is 11.9 Å². The maximum atomic E-state index is 12.3. The van der Waals surface area contributed by atoms with Crippen LogP contribution in [0.2, 0.25) is 0 Å². The number of ether oxygens (including phenoxy) is 2. The van der Waals surface area contributed by atoms with Gasteiger partial charge in [-0.15, -0.1) is 0 Å². The van der Waals surface area contributed by atoms with E-state index in [1.54, 1.807) is 0 Å². The fraction of sp³-hybridized carbons (Fsp3) is 0.662. The van der Waals surface area contributed by atoms with Gasteiger partial charge in [0, 0.05) is 12.8 Å². The Morgan fingerprint density at radius 1 is 0.303 bits per heavy atom. The minimum absolute atomic E-state index is 0.0738. The number of aliphatic hydroxyl groups excluding tert-OH is 1. The summed E-state index contributed by atoms with van der Waals surface area (Å²) in [7, 11) is 0. The molecule has 5 nitrogen and oxygen atoms in total. The van der Waals surface area contributed by atoms with Gasteiger partial charge in [-0.2, -0.15) is 0 Å². The number of rotatable bonds is 57. The molecule has 0 aromatic heterocycles. The van der Waals surface area contributed by atoms with Crippen LogP contribution in [0.5, 0.6) is 0 Å². The lowest BCUT2D eigenvalue weighted by Gasteiger charge is -2.15. The number of carbonyl (C=O) groups is 2. The number of hydrogen-bond acceptors (Lipinski definition) is 5. The zero-order chi connectivity index (χ0) is 54.8. The molecule has 0 aliphatic heterocycles. The van der Waals surface area contributed by atoms with Crippen LogP contribution in [0.15, 0.2) is 134 Å². The van der Waals surface area contributed by atoms with Crippen LogP contribution < -0.4 is 0 Å². The van der Waals surface area contributed by atoms with Gasteiger partial charge in [0.2, 0.25) is 0 Å². The number of hydrogen-bond donors (Lipinski definition) is 1. The molecule has 76 heavy (non-hydrogen) atoms. The number of unbranched alkanes of at least 4 members (excludes halogenated alkanes) is 27. The second-order valence-electron chi connectivity index (χ2n) is 20.7. The van der Waals surface area contributed by atoms with E-state index >= 15 is 0 Å². The maximum Gasteiger partial charge on any atom is 0.306 e. The van der Waals surface area contributed by atoms with Gasteiger partial charge in [0.1, 0.15) is 6.61 Å². The molecule has 0 rings (SSSR count). The van der Waals surface area contributed by atoms with Crippen molar-refractivity contribution < 1.29 is 24.2 Å². The summed E-state index contributed by atoms with van der Waals surface area (Å²) in [5.74, 6) is -0.597. The van der Waals surface area contributed by atoms with Crippen molar-refractivity contribution in [2.45, 2.75) is 290 Å². The summed E-state index contributed by atoms with van der Waals surface area (Å²) in [4.78, 5) is 24.6. The van der Waals surface area contributed by atoms with Crippen LogP contribution in [0.25, 0.3) is 0 Å². The third kappa shape index (κ3) is 62.6. The molecule has 0 heterocycles. The highest BCUT2D eigenvalue weighted by Crippen LogP contribution is 2.16. The minimum Gasteiger partial charge on any atom is -0.462 e. The lowest BCUT2D eigenvalue weighted by Crippen LogP contribution is -2.28. The van der Waals surface area contributed by atoms with Crippen molar-refractivity contribution in [3.05, 3.63) is 134 Å². The summed E-state index contributed by atoms with van der Waals surface area (Å²) in [5, 5.41) is 9.67. The van der Waals surface area contributed by atoms with E-state index in [1.807, 2.05) is 0 Å². The Bertz CT molecular complexity index is 1570. The molecular formula is C71H118O5. The highest BCUT2D eigenvalue weighted by Gasteiger charge is 2.16. The molecule has 0 spiro atoms. The molecule has 0 aliphatic carbocycles. The summed E-state index contributed by atoms with van der Waals surface area (Å²) in [6, 6.07) is 0. The third-order valence-electron chi connectivity index (χ3n) is 13.4. The summed E-state index contributed by atoms with van der Waals surface area (Å²) in [5.41, 5.74) is 0. The van der Waals surface area contributed by atoms with E-state index in [-0.39, 0.29) is 25.2 Å². The maximum absolute atomic E-state index is 12.3. The van der Waals surface area contributed by atoms with Crippen LogP contribution >= 0.6 is 0 Å². The summed E-state index contributed by atoms with van der Waals surface area (Å²) >= 11 is 0. The quantitative estimate of drug-likeness (QED) is 0.0373. The summed E-state index contributed by atoms with van der Waals surface area (Å²) < 4.78 is 10.7. The van der Waals surface area contributed by atoms with Crippen molar-refractivity contribution in [3.63, 3.8) is 0 Å². The first-order valence-corrected chi connectivity index (χ1v) is 31.7. The monoisotopic (exact) mass is 1050 g/mol. The van der Waals surface area contributed by atoms with Gasteiger partial charge in [0.15, 0.2) is 6.10 Å². The molecule has 1 atom stereocenters. The number of aliphatic hydroxyl groups is 1. The summed E-state index contributed by atoms with van der Waals surface area (Å²) in [6.07, 6.45) is 97.4. The second-order valence-corrected chi connectivity index (χ2v) is 20.7. The third-order valence-corrected chi connectivity index (χ3v) is 13.4. The molecule has 1 N–H and O–H groups in total. The molecule has 0 bridgehead atoms. The average Bonchev–Trinajstić information content (AvgIpc) is 3.42. The Kier molecular flexibility index (Phi) is 61.9. The van der Waals surface area contributed by atoms with E-state index in [2.05, 4.69) is 148 Å². The first-order valence-electron chi connectivity index (χ1n) is 31.7. The van der Waals surface area contributed by atoms with Crippen LogP contribution in [0.4, 0.5) is 0 Å². The zero-order valence-electron chi connectivity index (χ0n) is 49.5. The molecule has 0 fully saturated rings. The number of carbonyl (C=O) groups excluding carboxylic acids is 2. The van der Waals surface area contributed by atoms with E-state index in [1.165, 1.54) is 141 Å². The molecule has 0 aromatic carbocycles. The van der Waals surface area contributed by atoms with E-state index in [4.69, 9.17) is 9.47 Å². The molecule has 0 amide bonds. The van der Waals surface area contributed by atoms with Crippen LogP contribution in [0.1, 0.15) is 284 Å². The second kappa shape index (κ2) is 65.3. The Morgan fingerprint density at radius 2 is 0.526 bits per heavy atom. The SMILES string of the molecule is CC/C=C\C/C=C\C/C=C\C/C=C\C/C=C\C/C=C\C/C=C\CCCCCCCCCCCCCCCCCCCCCC(=O)OC(CO)COC(=O)CCCCCCCCCC/C=C\C/C=C\C/C=C\C/C=C\CC. The fourth-order valence-electron chi connectivity index (χ4n) is 8.76. The largest absolute Gasteiger partial charge is 0.462 e. The van der Waals surface area contributed by atoms with Crippen molar-refractivity contribution in [1.82, 2.24) is 0 Å². The van der Waals surface area contributed by atoms with Crippen LogP contribution in [0, 0.1) is 0 Å². The molecule has 432 valence electrons. The van der Waals surface area contributed by atoms with Gasteiger partial charge in [-0.05, 0) is 109 Å². The van der Waals surface area contributed by atoms with Crippen molar-refractivity contribution in [2.75, 3.05) is 13.2 Å².